The molecule has 3 aromatic rings. The van der Waals surface area contributed by atoms with Crippen molar-refractivity contribution in [1.82, 2.24) is 14.8 Å². The number of carbonyl (C=O) groups is 1. The summed E-state index contributed by atoms with van der Waals surface area (Å²) in [4.78, 5) is 14.1. The van der Waals surface area contributed by atoms with Gasteiger partial charge in [0.25, 0.3) is 0 Å². The van der Waals surface area contributed by atoms with Crippen molar-refractivity contribution in [2.45, 2.75) is 70.7 Å². The summed E-state index contributed by atoms with van der Waals surface area (Å²) in [6, 6.07) is 8.38. The second-order valence-corrected chi connectivity index (χ2v) is 11.0. The summed E-state index contributed by atoms with van der Waals surface area (Å²) < 4.78 is 7.90. The smallest absolute Gasteiger partial charge is 0.235 e. The number of nitriles is 1. The molecule has 1 N–H and O–H groups in total. The number of aromatic nitrogens is 3. The minimum atomic E-state index is -0.160. The lowest BCUT2D eigenvalue weighted by molar-refractivity contribution is -0.113. The summed E-state index contributed by atoms with van der Waals surface area (Å²) >= 11 is 2.87. The highest BCUT2D eigenvalue weighted by atomic mass is 32.2. The molecular formula is C27H31N5O2S2. The zero-order valence-electron chi connectivity index (χ0n) is 20.8. The molecule has 1 aliphatic carbocycles. The third-order valence-electron chi connectivity index (χ3n) is 6.16. The molecule has 1 aromatic carbocycles. The van der Waals surface area contributed by atoms with Crippen molar-refractivity contribution in [2.24, 2.45) is 0 Å². The number of benzene rings is 1. The van der Waals surface area contributed by atoms with Gasteiger partial charge in [0.1, 0.15) is 23.4 Å². The Hall–Kier alpha value is -3.09. The second kappa shape index (κ2) is 12.2. The van der Waals surface area contributed by atoms with Gasteiger partial charge in [-0.05, 0) is 56.7 Å². The number of anilines is 1. The lowest BCUT2D eigenvalue weighted by Crippen LogP contribution is -2.15. The Morgan fingerprint density at radius 2 is 2.08 bits per heavy atom. The average molecular weight is 522 g/mol. The van der Waals surface area contributed by atoms with Gasteiger partial charge in [0.2, 0.25) is 5.91 Å². The van der Waals surface area contributed by atoms with Crippen LogP contribution in [0.3, 0.4) is 0 Å². The molecule has 0 saturated carbocycles. The van der Waals surface area contributed by atoms with Gasteiger partial charge >= 0.3 is 0 Å². The number of hydrogen-bond donors (Lipinski definition) is 1. The molecule has 2 aromatic heterocycles. The van der Waals surface area contributed by atoms with Crippen LogP contribution >= 0.6 is 23.1 Å². The molecule has 0 aliphatic heterocycles. The zero-order valence-corrected chi connectivity index (χ0v) is 22.4. The van der Waals surface area contributed by atoms with Crippen LogP contribution in [0, 0.1) is 25.2 Å². The summed E-state index contributed by atoms with van der Waals surface area (Å²) in [5.74, 6) is 1.48. The highest BCUT2D eigenvalue weighted by Crippen LogP contribution is 2.36. The monoisotopic (exact) mass is 521 g/mol. The maximum absolute atomic E-state index is 12.8. The zero-order chi connectivity index (χ0) is 25.5. The Labute approximate surface area is 220 Å². The van der Waals surface area contributed by atoms with Gasteiger partial charge < -0.3 is 10.1 Å². The van der Waals surface area contributed by atoms with E-state index in [0.717, 1.165) is 42.6 Å². The molecule has 0 saturated heterocycles. The van der Waals surface area contributed by atoms with Crippen LogP contribution < -0.4 is 10.1 Å². The molecule has 0 unspecified atom stereocenters. The Kier molecular flexibility index (Phi) is 8.83. The largest absolute Gasteiger partial charge is 0.485 e. The van der Waals surface area contributed by atoms with Crippen molar-refractivity contribution in [2.75, 3.05) is 11.1 Å². The second-order valence-electron chi connectivity index (χ2n) is 8.93. The van der Waals surface area contributed by atoms with Gasteiger partial charge in [-0.25, -0.2) is 0 Å². The Morgan fingerprint density at radius 3 is 2.83 bits per heavy atom. The lowest BCUT2D eigenvalue weighted by atomic mass is 9.97. The molecule has 9 heteroatoms. The number of thioether (sulfide) groups is 1. The molecule has 0 bridgehead atoms. The highest BCUT2D eigenvalue weighted by Gasteiger charge is 2.21. The van der Waals surface area contributed by atoms with Crippen LogP contribution in [-0.4, -0.2) is 26.4 Å². The van der Waals surface area contributed by atoms with Gasteiger partial charge in [-0.15, -0.1) is 28.1 Å². The Bertz CT molecular complexity index is 1290. The molecule has 0 fully saturated rings. The van der Waals surface area contributed by atoms with Gasteiger partial charge in [0.15, 0.2) is 11.0 Å². The summed E-state index contributed by atoms with van der Waals surface area (Å²) in [6.07, 6.45) is 8.32. The SMILES string of the molecule is C=CCn1c(COc2ccc(C)cc2C)nnc1SCC(=O)Nc1sc2c(c1C#N)CCCCCC2. The number of aryl methyl sites for hydroxylation is 3. The van der Waals surface area contributed by atoms with Crippen molar-refractivity contribution in [3.05, 3.63) is 63.8 Å². The van der Waals surface area contributed by atoms with Crippen LogP contribution in [0.1, 0.15) is 58.6 Å². The van der Waals surface area contributed by atoms with Gasteiger partial charge in [-0.3, -0.25) is 9.36 Å². The molecule has 1 aliphatic rings. The predicted octanol–water partition coefficient (Wildman–Crippen LogP) is 5.98. The summed E-state index contributed by atoms with van der Waals surface area (Å²) in [6.45, 7) is 8.68. The summed E-state index contributed by atoms with van der Waals surface area (Å²) in [7, 11) is 0. The number of nitrogens with one attached hydrogen (secondary N) is 1. The number of ether oxygens (including phenoxy) is 1. The molecule has 2 heterocycles. The van der Waals surface area contributed by atoms with Gasteiger partial charge in [-0.1, -0.05) is 48.4 Å². The number of thiophene rings is 1. The molecule has 4 rings (SSSR count). The maximum Gasteiger partial charge on any atom is 0.235 e. The van der Waals surface area contributed by atoms with Gasteiger partial charge in [0, 0.05) is 11.4 Å². The molecule has 1 amide bonds. The summed E-state index contributed by atoms with van der Waals surface area (Å²) in [5.41, 5.74) is 4.01. The first-order valence-corrected chi connectivity index (χ1v) is 14.0. The highest BCUT2D eigenvalue weighted by molar-refractivity contribution is 7.99. The fourth-order valence-electron chi connectivity index (χ4n) is 4.37. The number of allylic oxidation sites excluding steroid dienone is 1. The van der Waals surface area contributed by atoms with Crippen LogP contribution in [-0.2, 0) is 30.8 Å². The Balaban J connectivity index is 1.41. The summed E-state index contributed by atoms with van der Waals surface area (Å²) in [5, 5.41) is 22.6. The minimum Gasteiger partial charge on any atom is -0.485 e. The maximum atomic E-state index is 12.8. The first-order valence-electron chi connectivity index (χ1n) is 12.2. The average Bonchev–Trinajstić information content (AvgIpc) is 3.37. The van der Waals surface area contributed by atoms with E-state index in [9.17, 15) is 10.1 Å². The van der Waals surface area contributed by atoms with E-state index in [1.807, 2.05) is 30.5 Å². The molecule has 0 spiro atoms. The fourth-order valence-corrected chi connectivity index (χ4v) is 6.39. The molecule has 188 valence electrons. The van der Waals surface area contributed by atoms with E-state index >= 15 is 0 Å². The van der Waals surface area contributed by atoms with E-state index in [2.05, 4.69) is 34.2 Å². The molecular weight excluding hydrogens is 490 g/mol. The third kappa shape index (κ3) is 6.18. The third-order valence-corrected chi connectivity index (χ3v) is 8.33. The van der Waals surface area contributed by atoms with Crippen molar-refractivity contribution in [1.29, 1.82) is 5.26 Å². The van der Waals surface area contributed by atoms with E-state index in [1.54, 1.807) is 17.4 Å². The van der Waals surface area contributed by atoms with E-state index in [0.29, 0.717) is 28.1 Å². The van der Waals surface area contributed by atoms with Crippen LogP contribution in [0.5, 0.6) is 5.75 Å². The van der Waals surface area contributed by atoms with Crippen LogP contribution in [0.15, 0.2) is 36.0 Å². The van der Waals surface area contributed by atoms with Crippen molar-refractivity contribution in [3.8, 4) is 11.8 Å². The van der Waals surface area contributed by atoms with Crippen molar-refractivity contribution < 1.29 is 9.53 Å². The Morgan fingerprint density at radius 1 is 1.28 bits per heavy atom. The van der Waals surface area contributed by atoms with Gasteiger partial charge in [-0.2, -0.15) is 5.26 Å². The van der Waals surface area contributed by atoms with Crippen molar-refractivity contribution >= 4 is 34.0 Å². The first-order chi connectivity index (χ1) is 17.5. The number of nitrogens with zero attached hydrogens (tertiary/aromatic N) is 4. The number of amides is 1. The standard InChI is InChI=1S/C27H31N5O2S2/c1-4-13-32-24(16-34-22-12-11-18(2)14-19(22)3)30-31-27(32)35-17-25(33)29-26-21(15-28)20-9-7-5-6-8-10-23(20)36-26/h4,11-12,14H,1,5-10,13,16-17H2,2-3H3,(H,29,33). The van der Waals surface area contributed by atoms with Gasteiger partial charge in [0.05, 0.1) is 11.3 Å². The normalized spacial score (nSPS) is 13.2. The van der Waals surface area contributed by atoms with E-state index in [-0.39, 0.29) is 18.3 Å². The molecule has 36 heavy (non-hydrogen) atoms. The molecule has 0 radical (unpaired) electrons. The molecule has 7 nitrogen and oxygen atoms in total. The van der Waals surface area contributed by atoms with E-state index in [1.165, 1.54) is 35.0 Å². The number of hydrogen-bond acceptors (Lipinski definition) is 7. The molecule has 0 atom stereocenters. The fraction of sp³-hybridized carbons (Fsp3) is 0.407. The number of carbonyl (C=O) groups excluding carboxylic acids is 1. The van der Waals surface area contributed by atoms with E-state index < -0.39 is 0 Å². The van der Waals surface area contributed by atoms with Crippen LogP contribution in [0.4, 0.5) is 5.00 Å². The van der Waals surface area contributed by atoms with Crippen LogP contribution in [0.2, 0.25) is 0 Å². The predicted molar refractivity (Wildman–Crippen MR) is 145 cm³/mol. The minimum absolute atomic E-state index is 0.160. The van der Waals surface area contributed by atoms with E-state index in [4.69, 9.17) is 4.74 Å². The quantitative estimate of drug-likeness (QED) is 0.275. The first kappa shape index (κ1) is 26.0. The lowest BCUT2D eigenvalue weighted by Gasteiger charge is -2.11. The topological polar surface area (TPSA) is 92.8 Å². The number of fused-ring (bicyclic) bond motifs is 1. The van der Waals surface area contributed by atoms with Crippen LogP contribution in [0.25, 0.3) is 0 Å². The number of rotatable bonds is 9. The van der Waals surface area contributed by atoms with Crippen molar-refractivity contribution in [3.63, 3.8) is 0 Å².